The molecule has 1 heterocycles. The molecule has 0 saturated carbocycles. The Bertz CT molecular complexity index is 635. The van der Waals surface area contributed by atoms with Gasteiger partial charge in [-0.2, -0.15) is 5.10 Å². The van der Waals surface area contributed by atoms with E-state index in [2.05, 4.69) is 5.10 Å². The molecule has 2 rings (SSSR count). The second-order valence-corrected chi connectivity index (χ2v) is 4.82. The van der Waals surface area contributed by atoms with Gasteiger partial charge in [0, 0.05) is 24.0 Å². The number of esters is 1. The molecule has 2 N–H and O–H groups in total. The number of hydrogen-bond donors (Lipinski definition) is 1. The van der Waals surface area contributed by atoms with Crippen LogP contribution in [0.2, 0.25) is 0 Å². The normalized spacial score (nSPS) is 10.7. The van der Waals surface area contributed by atoms with Gasteiger partial charge in [0.2, 0.25) is 0 Å². The lowest BCUT2D eigenvalue weighted by atomic mass is 10.2. The second kappa shape index (κ2) is 6.30. The Morgan fingerprint density at radius 3 is 2.81 bits per heavy atom. The van der Waals surface area contributed by atoms with E-state index in [-0.39, 0.29) is 6.10 Å². The molecule has 0 atom stereocenters. The number of nitrogens with zero attached hydrogens (tertiary/aromatic N) is 2. The molecule has 112 valence electrons. The van der Waals surface area contributed by atoms with E-state index in [1.165, 1.54) is 6.20 Å². The molecule has 1 aromatic heterocycles. The molecule has 0 aliphatic rings. The van der Waals surface area contributed by atoms with Crippen LogP contribution in [-0.4, -0.2) is 28.5 Å². The number of ether oxygens (including phenoxy) is 2. The first kappa shape index (κ1) is 14.9. The highest BCUT2D eigenvalue weighted by Crippen LogP contribution is 2.22. The average molecular weight is 289 g/mol. The monoisotopic (exact) mass is 289 g/mol. The van der Waals surface area contributed by atoms with Gasteiger partial charge in [0.05, 0.1) is 30.2 Å². The molecule has 0 bridgehead atoms. The summed E-state index contributed by atoms with van der Waals surface area (Å²) in [5, 5.41) is 4.16. The molecule has 0 amide bonds. The summed E-state index contributed by atoms with van der Waals surface area (Å²) in [5.41, 5.74) is 7.56. The summed E-state index contributed by atoms with van der Waals surface area (Å²) in [7, 11) is 0. The van der Waals surface area contributed by atoms with E-state index in [0.717, 1.165) is 5.69 Å². The Hall–Kier alpha value is -2.50. The highest BCUT2D eigenvalue weighted by atomic mass is 16.5. The quantitative estimate of drug-likeness (QED) is 0.675. The van der Waals surface area contributed by atoms with Crippen molar-refractivity contribution in [2.24, 2.45) is 0 Å². The van der Waals surface area contributed by atoms with Crippen LogP contribution >= 0.6 is 0 Å². The van der Waals surface area contributed by atoms with Crippen LogP contribution in [0.15, 0.2) is 30.6 Å². The van der Waals surface area contributed by atoms with E-state index in [1.807, 2.05) is 19.9 Å². The van der Waals surface area contributed by atoms with E-state index in [0.29, 0.717) is 23.6 Å². The van der Waals surface area contributed by atoms with Crippen molar-refractivity contribution in [1.82, 2.24) is 9.78 Å². The highest BCUT2D eigenvalue weighted by Gasteiger charge is 2.11. The first-order chi connectivity index (χ1) is 9.99. The number of anilines is 1. The summed E-state index contributed by atoms with van der Waals surface area (Å²) in [5.74, 6) is 0.263. The van der Waals surface area contributed by atoms with Crippen LogP contribution in [0.5, 0.6) is 5.75 Å². The fraction of sp³-hybridized carbons (Fsp3) is 0.333. The summed E-state index contributed by atoms with van der Waals surface area (Å²) in [4.78, 5) is 11.6. The number of rotatable bonds is 5. The molecular formula is C15H19N3O3. The molecule has 6 nitrogen and oxygen atoms in total. The average Bonchev–Trinajstić information content (AvgIpc) is 2.87. The van der Waals surface area contributed by atoms with Crippen LogP contribution < -0.4 is 10.5 Å². The van der Waals surface area contributed by atoms with Crippen molar-refractivity contribution in [2.45, 2.75) is 26.9 Å². The standard InChI is InChI=1S/C15H19N3O3/c1-4-20-15(19)11-8-17-18(9-11)13-5-12(16)6-14(7-13)21-10(2)3/h5-10H,4,16H2,1-3H3. The SMILES string of the molecule is CCOC(=O)c1cnn(-c2cc(N)cc(OC(C)C)c2)c1. The second-order valence-electron chi connectivity index (χ2n) is 4.82. The molecule has 1 aromatic carbocycles. The zero-order valence-electron chi connectivity index (χ0n) is 12.4. The minimum Gasteiger partial charge on any atom is -0.491 e. The van der Waals surface area contributed by atoms with Crippen LogP contribution in [-0.2, 0) is 4.74 Å². The summed E-state index contributed by atoms with van der Waals surface area (Å²) in [6.45, 7) is 5.97. The van der Waals surface area contributed by atoms with Crippen molar-refractivity contribution in [2.75, 3.05) is 12.3 Å². The fourth-order valence-corrected chi connectivity index (χ4v) is 1.86. The molecule has 0 spiro atoms. The number of aromatic nitrogens is 2. The molecule has 0 fully saturated rings. The summed E-state index contributed by atoms with van der Waals surface area (Å²) >= 11 is 0. The van der Waals surface area contributed by atoms with Gasteiger partial charge in [-0.25, -0.2) is 9.48 Å². The lowest BCUT2D eigenvalue weighted by molar-refractivity contribution is 0.0526. The van der Waals surface area contributed by atoms with Gasteiger partial charge < -0.3 is 15.2 Å². The first-order valence-corrected chi connectivity index (χ1v) is 6.79. The number of carbonyl (C=O) groups excluding carboxylic acids is 1. The van der Waals surface area contributed by atoms with Gasteiger partial charge in [-0.3, -0.25) is 0 Å². The molecular weight excluding hydrogens is 270 g/mol. The number of nitrogen functional groups attached to an aromatic ring is 1. The van der Waals surface area contributed by atoms with Crippen molar-refractivity contribution < 1.29 is 14.3 Å². The molecule has 0 saturated heterocycles. The fourth-order valence-electron chi connectivity index (χ4n) is 1.86. The molecule has 6 heteroatoms. The maximum atomic E-state index is 11.6. The van der Waals surface area contributed by atoms with Gasteiger partial charge in [0.25, 0.3) is 0 Å². The summed E-state index contributed by atoms with van der Waals surface area (Å²) < 4.78 is 12.1. The van der Waals surface area contributed by atoms with Gasteiger partial charge >= 0.3 is 5.97 Å². The Labute approximate surface area is 123 Å². The van der Waals surface area contributed by atoms with Crippen LogP contribution in [0.1, 0.15) is 31.1 Å². The maximum Gasteiger partial charge on any atom is 0.341 e. The van der Waals surface area contributed by atoms with Gasteiger partial charge in [0.15, 0.2) is 0 Å². The molecule has 0 aliphatic heterocycles. The summed E-state index contributed by atoms with van der Waals surface area (Å²) in [6.07, 6.45) is 3.11. The summed E-state index contributed by atoms with van der Waals surface area (Å²) in [6, 6.07) is 5.33. The largest absolute Gasteiger partial charge is 0.491 e. The van der Waals surface area contributed by atoms with Crippen LogP contribution in [0.4, 0.5) is 5.69 Å². The van der Waals surface area contributed by atoms with E-state index in [4.69, 9.17) is 15.2 Å². The Morgan fingerprint density at radius 2 is 2.14 bits per heavy atom. The number of benzene rings is 1. The number of hydrogen-bond acceptors (Lipinski definition) is 5. The Balaban J connectivity index is 2.29. The van der Waals surface area contributed by atoms with Crippen molar-refractivity contribution in [3.05, 3.63) is 36.2 Å². The smallest absolute Gasteiger partial charge is 0.341 e. The zero-order valence-corrected chi connectivity index (χ0v) is 12.4. The third-order valence-electron chi connectivity index (χ3n) is 2.64. The predicted molar refractivity (Wildman–Crippen MR) is 79.7 cm³/mol. The van der Waals surface area contributed by atoms with Crippen molar-refractivity contribution in [3.63, 3.8) is 0 Å². The van der Waals surface area contributed by atoms with Gasteiger partial charge in [-0.15, -0.1) is 0 Å². The topological polar surface area (TPSA) is 79.4 Å². The van der Waals surface area contributed by atoms with E-state index >= 15 is 0 Å². The zero-order chi connectivity index (χ0) is 15.4. The lowest BCUT2D eigenvalue weighted by Crippen LogP contribution is -2.07. The molecule has 0 unspecified atom stereocenters. The Morgan fingerprint density at radius 1 is 1.38 bits per heavy atom. The van der Waals surface area contributed by atoms with Crippen LogP contribution in [0.25, 0.3) is 5.69 Å². The van der Waals surface area contributed by atoms with Crippen molar-refractivity contribution >= 4 is 11.7 Å². The third-order valence-corrected chi connectivity index (χ3v) is 2.64. The number of nitrogens with two attached hydrogens (primary N) is 1. The lowest BCUT2D eigenvalue weighted by Gasteiger charge is -2.12. The molecule has 2 aromatic rings. The molecule has 0 radical (unpaired) electrons. The van der Waals surface area contributed by atoms with Gasteiger partial charge in [-0.05, 0) is 26.8 Å². The van der Waals surface area contributed by atoms with E-state index < -0.39 is 5.97 Å². The van der Waals surface area contributed by atoms with Gasteiger partial charge in [-0.1, -0.05) is 0 Å². The van der Waals surface area contributed by atoms with E-state index in [1.54, 1.807) is 29.9 Å². The van der Waals surface area contributed by atoms with E-state index in [9.17, 15) is 4.79 Å². The number of carbonyl (C=O) groups is 1. The van der Waals surface area contributed by atoms with Crippen LogP contribution in [0, 0.1) is 0 Å². The van der Waals surface area contributed by atoms with Crippen molar-refractivity contribution in [3.8, 4) is 11.4 Å². The predicted octanol–water partition coefficient (Wildman–Crippen LogP) is 2.42. The van der Waals surface area contributed by atoms with Crippen molar-refractivity contribution in [1.29, 1.82) is 0 Å². The molecule has 21 heavy (non-hydrogen) atoms. The third kappa shape index (κ3) is 3.75. The minimum absolute atomic E-state index is 0.0485. The maximum absolute atomic E-state index is 11.6. The highest BCUT2D eigenvalue weighted by molar-refractivity contribution is 5.88. The minimum atomic E-state index is -0.397. The first-order valence-electron chi connectivity index (χ1n) is 6.79. The van der Waals surface area contributed by atoms with Crippen LogP contribution in [0.3, 0.4) is 0 Å². The Kier molecular flexibility index (Phi) is 4.47. The van der Waals surface area contributed by atoms with Gasteiger partial charge in [0.1, 0.15) is 5.75 Å². The molecule has 0 aliphatic carbocycles.